The van der Waals surface area contributed by atoms with Crippen LogP contribution in [0.5, 0.6) is 11.5 Å². The fraction of sp³-hybridized carbons (Fsp3) is 0.286. The van der Waals surface area contributed by atoms with Gasteiger partial charge in [-0.3, -0.25) is 14.9 Å². The topological polar surface area (TPSA) is 137 Å². The van der Waals surface area contributed by atoms with E-state index >= 15 is 0 Å². The number of ether oxygens (including phenoxy) is 2. The second kappa shape index (κ2) is 8.94. The third-order valence-corrected chi connectivity index (χ3v) is 5.76. The molecule has 3 aromatic rings. The van der Waals surface area contributed by atoms with Crippen molar-refractivity contribution >= 4 is 45.9 Å². The van der Waals surface area contributed by atoms with Gasteiger partial charge in [-0.1, -0.05) is 11.6 Å². The van der Waals surface area contributed by atoms with Crippen LogP contribution >= 0.6 is 11.6 Å². The number of methoxy groups -OCH3 is 2. The molecule has 2 aromatic carbocycles. The maximum absolute atomic E-state index is 12.8. The lowest BCUT2D eigenvalue weighted by atomic mass is 10.1. The molecule has 1 amide bonds. The zero-order valence-corrected chi connectivity index (χ0v) is 18.7. The quantitative estimate of drug-likeness (QED) is 0.438. The van der Waals surface area contributed by atoms with Crippen LogP contribution in [0.1, 0.15) is 10.4 Å². The average Bonchev–Trinajstić information content (AvgIpc) is 2.82. The minimum absolute atomic E-state index is 0.0726. The van der Waals surface area contributed by atoms with Gasteiger partial charge >= 0.3 is 0 Å². The van der Waals surface area contributed by atoms with Crippen LogP contribution in [-0.2, 0) is 0 Å². The van der Waals surface area contributed by atoms with Crippen LogP contribution in [0.25, 0.3) is 10.9 Å². The van der Waals surface area contributed by atoms with Crippen LogP contribution in [0, 0.1) is 10.1 Å². The summed E-state index contributed by atoms with van der Waals surface area (Å²) in [4.78, 5) is 35.8. The van der Waals surface area contributed by atoms with Gasteiger partial charge in [-0.05, 0) is 18.2 Å². The summed E-state index contributed by atoms with van der Waals surface area (Å²) in [6, 6.07) is 7.45. The Morgan fingerprint density at radius 1 is 1.09 bits per heavy atom. The third-order valence-electron chi connectivity index (χ3n) is 5.46. The summed E-state index contributed by atoms with van der Waals surface area (Å²) in [5.74, 6) is 1.59. The number of carbonyl (C=O) groups excluding carboxylic acids is 1. The smallest absolute Gasteiger partial charge is 0.287 e. The van der Waals surface area contributed by atoms with Crippen molar-refractivity contribution in [2.75, 3.05) is 51.0 Å². The van der Waals surface area contributed by atoms with E-state index < -0.39 is 4.92 Å². The van der Waals surface area contributed by atoms with Crippen LogP contribution in [-0.4, -0.2) is 66.1 Å². The van der Waals surface area contributed by atoms with Crippen LogP contribution in [0.2, 0.25) is 5.02 Å². The van der Waals surface area contributed by atoms with Crippen LogP contribution in [0.3, 0.4) is 0 Å². The highest BCUT2D eigenvalue weighted by atomic mass is 35.5. The fourth-order valence-electron chi connectivity index (χ4n) is 3.69. The SMILES string of the molecule is COc1cc2nc(N3CCN(C(=O)c4ccc([N+](=O)[O-])c(Cl)c4)CC3)nc(N)c2cc1OC. The summed E-state index contributed by atoms with van der Waals surface area (Å²) in [6.45, 7) is 1.82. The van der Waals surface area contributed by atoms with Crippen LogP contribution in [0.15, 0.2) is 30.3 Å². The van der Waals surface area contributed by atoms with E-state index in [4.69, 9.17) is 26.8 Å². The number of nitrogens with two attached hydrogens (primary N) is 1. The zero-order chi connectivity index (χ0) is 23.7. The van der Waals surface area contributed by atoms with Gasteiger partial charge in [-0.15, -0.1) is 0 Å². The third kappa shape index (κ3) is 4.27. The monoisotopic (exact) mass is 472 g/mol. The molecule has 33 heavy (non-hydrogen) atoms. The first-order valence-electron chi connectivity index (χ1n) is 9.99. The number of amides is 1. The number of hydrogen-bond acceptors (Lipinski definition) is 9. The zero-order valence-electron chi connectivity index (χ0n) is 17.9. The van der Waals surface area contributed by atoms with E-state index in [0.29, 0.717) is 65.9 Å². The molecule has 0 unspecified atom stereocenters. The fourth-order valence-corrected chi connectivity index (χ4v) is 3.94. The molecule has 172 valence electrons. The molecule has 2 heterocycles. The molecule has 0 bridgehead atoms. The lowest BCUT2D eigenvalue weighted by Gasteiger charge is -2.35. The molecular formula is C21H21ClN6O5. The second-order valence-electron chi connectivity index (χ2n) is 7.34. The lowest BCUT2D eigenvalue weighted by Crippen LogP contribution is -2.49. The van der Waals surface area contributed by atoms with E-state index in [9.17, 15) is 14.9 Å². The Kier molecular flexibility index (Phi) is 6.05. The van der Waals surface area contributed by atoms with Crippen molar-refractivity contribution in [2.45, 2.75) is 0 Å². The molecule has 0 radical (unpaired) electrons. The highest BCUT2D eigenvalue weighted by molar-refractivity contribution is 6.33. The van der Waals surface area contributed by atoms with Gasteiger partial charge in [-0.2, -0.15) is 4.98 Å². The Bertz CT molecular complexity index is 1250. The van der Waals surface area contributed by atoms with Crippen molar-refractivity contribution < 1.29 is 19.2 Å². The normalized spacial score (nSPS) is 13.8. The summed E-state index contributed by atoms with van der Waals surface area (Å²) in [5, 5.41) is 11.5. The van der Waals surface area contributed by atoms with Crippen LogP contribution in [0.4, 0.5) is 17.5 Å². The Balaban J connectivity index is 1.51. The number of halogens is 1. The number of fused-ring (bicyclic) bond motifs is 1. The molecule has 0 atom stereocenters. The van der Waals surface area contributed by atoms with Crippen molar-refractivity contribution in [3.05, 3.63) is 51.0 Å². The van der Waals surface area contributed by atoms with Gasteiger partial charge < -0.3 is 25.0 Å². The minimum Gasteiger partial charge on any atom is -0.493 e. The predicted octanol–water partition coefficient (Wildman–Crippen LogP) is 2.75. The van der Waals surface area contributed by atoms with Crippen molar-refractivity contribution in [1.29, 1.82) is 0 Å². The first-order valence-corrected chi connectivity index (χ1v) is 10.4. The number of hydrogen-bond donors (Lipinski definition) is 1. The first kappa shape index (κ1) is 22.3. The molecule has 11 nitrogen and oxygen atoms in total. The maximum Gasteiger partial charge on any atom is 0.287 e. The van der Waals surface area contributed by atoms with Crippen molar-refractivity contribution in [1.82, 2.24) is 14.9 Å². The molecule has 4 rings (SSSR count). The number of anilines is 2. The summed E-state index contributed by atoms with van der Waals surface area (Å²) < 4.78 is 10.7. The molecule has 1 aliphatic heterocycles. The van der Waals surface area contributed by atoms with Crippen molar-refractivity contribution in [2.24, 2.45) is 0 Å². The van der Waals surface area contributed by atoms with E-state index in [0.717, 1.165) is 0 Å². The standard InChI is InChI=1S/C21H21ClN6O5/c1-32-17-10-13-15(11-18(17)33-2)24-21(25-19(13)23)27-7-5-26(6-8-27)20(29)12-3-4-16(28(30)31)14(22)9-12/h3-4,9-11H,5-8H2,1-2H3,(H2,23,24,25). The van der Waals surface area contributed by atoms with Gasteiger partial charge in [0.05, 0.1) is 24.7 Å². The highest BCUT2D eigenvalue weighted by Gasteiger charge is 2.25. The molecule has 1 fully saturated rings. The van der Waals surface area contributed by atoms with Gasteiger partial charge in [0.15, 0.2) is 11.5 Å². The van der Waals surface area contributed by atoms with E-state index in [-0.39, 0.29) is 16.6 Å². The van der Waals surface area contributed by atoms with Crippen molar-refractivity contribution in [3.8, 4) is 11.5 Å². The summed E-state index contributed by atoms with van der Waals surface area (Å²) >= 11 is 5.95. The summed E-state index contributed by atoms with van der Waals surface area (Å²) in [6.07, 6.45) is 0. The minimum atomic E-state index is -0.587. The number of piperazine rings is 1. The molecule has 1 aromatic heterocycles. The molecule has 1 saturated heterocycles. The van der Waals surface area contributed by atoms with E-state index in [1.54, 1.807) is 31.3 Å². The molecule has 2 N–H and O–H groups in total. The molecule has 1 aliphatic rings. The van der Waals surface area contributed by atoms with E-state index in [1.807, 2.05) is 4.90 Å². The summed E-state index contributed by atoms with van der Waals surface area (Å²) in [5.41, 5.74) is 6.86. The number of rotatable bonds is 5. The van der Waals surface area contributed by atoms with Gasteiger partial charge in [-0.25, -0.2) is 4.98 Å². The van der Waals surface area contributed by atoms with E-state index in [2.05, 4.69) is 9.97 Å². The Morgan fingerprint density at radius 3 is 2.36 bits per heavy atom. The van der Waals surface area contributed by atoms with Crippen LogP contribution < -0.4 is 20.1 Å². The Hall–Kier alpha value is -3.86. The number of nitrogen functional groups attached to an aromatic ring is 1. The van der Waals surface area contributed by atoms with Crippen molar-refractivity contribution in [3.63, 3.8) is 0 Å². The lowest BCUT2D eigenvalue weighted by molar-refractivity contribution is -0.384. The second-order valence-corrected chi connectivity index (χ2v) is 7.74. The predicted molar refractivity (Wildman–Crippen MR) is 123 cm³/mol. The van der Waals surface area contributed by atoms with Gasteiger partial charge in [0.1, 0.15) is 10.8 Å². The van der Waals surface area contributed by atoms with Gasteiger partial charge in [0.25, 0.3) is 11.6 Å². The maximum atomic E-state index is 12.8. The molecule has 0 spiro atoms. The number of nitro groups is 1. The first-order chi connectivity index (χ1) is 15.8. The number of nitrogens with zero attached hydrogens (tertiary/aromatic N) is 5. The Morgan fingerprint density at radius 2 is 1.76 bits per heavy atom. The molecule has 0 aliphatic carbocycles. The van der Waals surface area contributed by atoms with Gasteiger partial charge in [0.2, 0.25) is 5.95 Å². The van der Waals surface area contributed by atoms with Gasteiger partial charge in [0, 0.05) is 49.3 Å². The highest BCUT2D eigenvalue weighted by Crippen LogP contribution is 2.34. The molecule has 12 heteroatoms. The molecular weight excluding hydrogens is 452 g/mol. The summed E-state index contributed by atoms with van der Waals surface area (Å²) in [7, 11) is 3.09. The van der Waals surface area contributed by atoms with E-state index in [1.165, 1.54) is 18.2 Å². The molecule has 0 saturated carbocycles. The number of benzene rings is 2. The number of aromatic nitrogens is 2. The largest absolute Gasteiger partial charge is 0.493 e. The number of nitro benzene ring substituents is 1. The average molecular weight is 473 g/mol. The Labute approximate surface area is 193 Å². The number of carbonyl (C=O) groups is 1.